The Balaban J connectivity index is 1.55. The van der Waals surface area contributed by atoms with Crippen molar-refractivity contribution in [1.82, 2.24) is 15.0 Å². The van der Waals surface area contributed by atoms with E-state index in [2.05, 4.69) is 21.9 Å². The number of aryl methyl sites for hydroxylation is 1. The summed E-state index contributed by atoms with van der Waals surface area (Å²) in [7, 11) is 1.56. The van der Waals surface area contributed by atoms with Gasteiger partial charge >= 0.3 is 0 Å². The van der Waals surface area contributed by atoms with Gasteiger partial charge in [0, 0.05) is 38.0 Å². The Bertz CT molecular complexity index is 572. The van der Waals surface area contributed by atoms with Crippen molar-refractivity contribution < 1.29 is 14.1 Å². The maximum Gasteiger partial charge on any atom is 0.254 e. The molecule has 0 saturated carbocycles. The summed E-state index contributed by atoms with van der Waals surface area (Å²) in [6.45, 7) is 6.40. The van der Waals surface area contributed by atoms with Gasteiger partial charge in [-0.25, -0.2) is 0 Å². The van der Waals surface area contributed by atoms with Gasteiger partial charge in [0.15, 0.2) is 0 Å². The van der Waals surface area contributed by atoms with Crippen molar-refractivity contribution in [3.63, 3.8) is 0 Å². The number of hydrogen-bond donors (Lipinski definition) is 0. The number of rotatable bonds is 8. The van der Waals surface area contributed by atoms with Gasteiger partial charge in [0.2, 0.25) is 5.91 Å². The Morgan fingerprint density at radius 2 is 2.19 bits per heavy atom. The van der Waals surface area contributed by atoms with Gasteiger partial charge in [0.05, 0.1) is 7.11 Å². The van der Waals surface area contributed by atoms with Gasteiger partial charge in [-0.15, -0.1) is 0 Å². The number of methoxy groups -OCH3 is 1. The Hall–Kier alpha value is -1.56. The molecule has 146 valence electrons. The molecule has 0 radical (unpaired) electrons. The first-order chi connectivity index (χ1) is 12.7. The molecular formula is C20H33N3O3. The lowest BCUT2D eigenvalue weighted by Gasteiger charge is -2.45. The topological polar surface area (TPSA) is 58.8 Å². The van der Waals surface area contributed by atoms with Gasteiger partial charge in [-0.2, -0.15) is 0 Å². The Morgan fingerprint density at radius 3 is 2.96 bits per heavy atom. The Morgan fingerprint density at radius 1 is 1.35 bits per heavy atom. The van der Waals surface area contributed by atoms with Crippen LogP contribution in [-0.4, -0.2) is 60.2 Å². The summed E-state index contributed by atoms with van der Waals surface area (Å²) in [5.41, 5.74) is 0. The van der Waals surface area contributed by atoms with Crippen LogP contribution < -0.4 is 4.74 Å². The molecule has 0 unspecified atom stereocenters. The third-order valence-electron chi connectivity index (χ3n) is 5.86. The van der Waals surface area contributed by atoms with Crippen molar-refractivity contribution in [2.75, 3.05) is 33.3 Å². The first-order valence-corrected chi connectivity index (χ1v) is 10.2. The zero-order chi connectivity index (χ0) is 18.4. The van der Waals surface area contributed by atoms with Gasteiger partial charge < -0.3 is 19.1 Å². The van der Waals surface area contributed by atoms with Gasteiger partial charge in [0.25, 0.3) is 5.88 Å². The van der Waals surface area contributed by atoms with E-state index in [0.29, 0.717) is 36.4 Å². The minimum atomic E-state index is 0.232. The molecule has 2 saturated heterocycles. The monoisotopic (exact) mass is 363 g/mol. The van der Waals surface area contributed by atoms with Crippen LogP contribution in [0, 0.1) is 5.92 Å². The summed E-state index contributed by atoms with van der Waals surface area (Å²) in [4.78, 5) is 17.6. The second-order valence-corrected chi connectivity index (χ2v) is 7.68. The molecule has 1 aromatic rings. The molecule has 6 nitrogen and oxygen atoms in total. The molecule has 3 rings (SSSR count). The maximum absolute atomic E-state index is 12.8. The first-order valence-electron chi connectivity index (χ1n) is 10.2. The predicted octanol–water partition coefficient (Wildman–Crippen LogP) is 3.12. The first kappa shape index (κ1) is 19.2. The van der Waals surface area contributed by atoms with E-state index < -0.39 is 0 Å². The highest BCUT2D eigenvalue weighted by Crippen LogP contribution is 2.31. The van der Waals surface area contributed by atoms with Crippen LogP contribution in [0.25, 0.3) is 0 Å². The minimum Gasteiger partial charge on any atom is -0.479 e. The summed E-state index contributed by atoms with van der Waals surface area (Å²) in [6, 6.07) is 2.45. The van der Waals surface area contributed by atoms with Gasteiger partial charge in [-0.1, -0.05) is 13.3 Å². The van der Waals surface area contributed by atoms with E-state index in [9.17, 15) is 4.79 Å². The average molecular weight is 364 g/mol. The number of ether oxygens (including phenoxy) is 1. The molecule has 26 heavy (non-hydrogen) atoms. The van der Waals surface area contributed by atoms with Crippen molar-refractivity contribution in [2.24, 2.45) is 5.92 Å². The minimum absolute atomic E-state index is 0.232. The van der Waals surface area contributed by atoms with Crippen LogP contribution in [0.1, 0.15) is 57.6 Å². The number of carbonyl (C=O) groups is 1. The molecule has 0 N–H and O–H groups in total. The highest BCUT2D eigenvalue weighted by molar-refractivity contribution is 5.76. The molecule has 2 aliphatic heterocycles. The molecule has 2 aliphatic rings. The van der Waals surface area contributed by atoms with Crippen molar-refractivity contribution in [3.8, 4) is 5.88 Å². The SMILES string of the molecule is CCCN(C[C@H]1CCCN2CCCC[C@@H]12)C(=O)CCc1cc(OC)no1. The fraction of sp³-hybridized carbons (Fsp3) is 0.800. The lowest BCUT2D eigenvalue weighted by Crippen LogP contribution is -2.51. The quantitative estimate of drug-likeness (QED) is 0.710. The van der Waals surface area contributed by atoms with E-state index in [-0.39, 0.29) is 5.91 Å². The maximum atomic E-state index is 12.8. The zero-order valence-corrected chi connectivity index (χ0v) is 16.3. The number of hydrogen-bond acceptors (Lipinski definition) is 5. The van der Waals surface area contributed by atoms with E-state index in [4.69, 9.17) is 9.26 Å². The van der Waals surface area contributed by atoms with E-state index in [1.807, 2.05) is 0 Å². The second kappa shape index (κ2) is 9.40. The summed E-state index contributed by atoms with van der Waals surface area (Å²) in [6.07, 6.45) is 8.56. The number of carbonyl (C=O) groups excluding carboxylic acids is 1. The molecule has 0 spiro atoms. The molecule has 6 heteroatoms. The molecule has 1 aromatic heterocycles. The van der Waals surface area contributed by atoms with Crippen molar-refractivity contribution >= 4 is 5.91 Å². The Labute approximate surface area is 156 Å². The number of amides is 1. The predicted molar refractivity (Wildman–Crippen MR) is 100 cm³/mol. The van der Waals surface area contributed by atoms with Crippen LogP contribution in [0.3, 0.4) is 0 Å². The average Bonchev–Trinajstić information content (AvgIpc) is 3.14. The summed E-state index contributed by atoms with van der Waals surface area (Å²) >= 11 is 0. The summed E-state index contributed by atoms with van der Waals surface area (Å²) in [5, 5.41) is 3.80. The summed E-state index contributed by atoms with van der Waals surface area (Å²) < 4.78 is 10.2. The number of piperidine rings is 2. The highest BCUT2D eigenvalue weighted by atomic mass is 16.5. The van der Waals surface area contributed by atoms with Crippen LogP contribution >= 0.6 is 0 Å². The molecule has 3 heterocycles. The third kappa shape index (κ3) is 4.78. The molecule has 0 aromatic carbocycles. The number of nitrogens with zero attached hydrogens (tertiary/aromatic N) is 3. The largest absolute Gasteiger partial charge is 0.479 e. The molecule has 2 atom stereocenters. The van der Waals surface area contributed by atoms with Crippen molar-refractivity contribution in [3.05, 3.63) is 11.8 Å². The second-order valence-electron chi connectivity index (χ2n) is 7.68. The molecular weight excluding hydrogens is 330 g/mol. The number of aromatic nitrogens is 1. The third-order valence-corrected chi connectivity index (χ3v) is 5.86. The van der Waals surface area contributed by atoms with E-state index >= 15 is 0 Å². The van der Waals surface area contributed by atoms with Crippen LogP contribution in [0.4, 0.5) is 0 Å². The van der Waals surface area contributed by atoms with Gasteiger partial charge in [-0.05, 0) is 56.3 Å². The zero-order valence-electron chi connectivity index (χ0n) is 16.3. The van der Waals surface area contributed by atoms with E-state index in [1.165, 1.54) is 45.2 Å². The van der Waals surface area contributed by atoms with Crippen molar-refractivity contribution in [2.45, 2.75) is 64.3 Å². The smallest absolute Gasteiger partial charge is 0.254 e. The van der Waals surface area contributed by atoms with Crippen LogP contribution in [0.15, 0.2) is 10.6 Å². The molecule has 2 fully saturated rings. The fourth-order valence-corrected chi connectivity index (χ4v) is 4.56. The van der Waals surface area contributed by atoms with E-state index in [0.717, 1.165) is 19.5 Å². The lowest BCUT2D eigenvalue weighted by atomic mass is 9.83. The molecule has 1 amide bonds. The normalized spacial score (nSPS) is 23.5. The number of fused-ring (bicyclic) bond motifs is 1. The van der Waals surface area contributed by atoms with Gasteiger partial charge in [0.1, 0.15) is 5.76 Å². The standard InChI is InChI=1S/C20H33N3O3/c1-3-11-23(20(24)10-9-17-14-19(25-2)21-26-17)15-16-7-6-13-22-12-5-4-8-18(16)22/h14,16,18H,3-13,15H2,1-2H3/t16-,18+/m1/s1. The summed E-state index contributed by atoms with van der Waals surface area (Å²) in [5.74, 6) is 2.04. The van der Waals surface area contributed by atoms with Crippen LogP contribution in [-0.2, 0) is 11.2 Å². The fourth-order valence-electron chi connectivity index (χ4n) is 4.56. The van der Waals surface area contributed by atoms with Gasteiger partial charge in [-0.3, -0.25) is 4.79 Å². The Kier molecular flexibility index (Phi) is 6.94. The molecule has 0 aliphatic carbocycles. The van der Waals surface area contributed by atoms with Crippen molar-refractivity contribution in [1.29, 1.82) is 0 Å². The van der Waals surface area contributed by atoms with Crippen LogP contribution in [0.2, 0.25) is 0 Å². The highest BCUT2D eigenvalue weighted by Gasteiger charge is 2.34. The molecule has 0 bridgehead atoms. The van der Waals surface area contributed by atoms with E-state index in [1.54, 1.807) is 13.2 Å². The van der Waals surface area contributed by atoms with Crippen LogP contribution in [0.5, 0.6) is 5.88 Å². The lowest BCUT2D eigenvalue weighted by molar-refractivity contribution is -0.132.